The van der Waals surface area contributed by atoms with Gasteiger partial charge in [0.15, 0.2) is 0 Å². The number of ether oxygens (including phenoxy) is 2. The Labute approximate surface area is 97.6 Å². The van der Waals surface area contributed by atoms with Gasteiger partial charge in [-0.1, -0.05) is 6.07 Å². The lowest BCUT2D eigenvalue weighted by Crippen LogP contribution is -2.03. The molecule has 0 aliphatic rings. The van der Waals surface area contributed by atoms with Crippen molar-refractivity contribution in [3.63, 3.8) is 0 Å². The predicted octanol–water partition coefficient (Wildman–Crippen LogP) is 2.12. The molecule has 0 heterocycles. The lowest BCUT2D eigenvalue weighted by atomic mass is 10.1. The van der Waals surface area contributed by atoms with Gasteiger partial charge >= 0.3 is 0 Å². The number of nitrogens with two attached hydrogens (primary N) is 1. The van der Waals surface area contributed by atoms with E-state index in [1.54, 1.807) is 7.11 Å². The Morgan fingerprint density at radius 1 is 1.31 bits per heavy atom. The molecule has 0 spiro atoms. The second-order valence-corrected chi connectivity index (χ2v) is 3.70. The van der Waals surface area contributed by atoms with Crippen LogP contribution in [0, 0.1) is 0 Å². The van der Waals surface area contributed by atoms with E-state index >= 15 is 0 Å². The molecule has 16 heavy (non-hydrogen) atoms. The van der Waals surface area contributed by atoms with Gasteiger partial charge < -0.3 is 15.2 Å². The molecular weight excluding hydrogens is 202 g/mol. The van der Waals surface area contributed by atoms with Crippen LogP contribution in [0.25, 0.3) is 0 Å². The third-order valence-corrected chi connectivity index (χ3v) is 2.39. The second kappa shape index (κ2) is 7.25. The molecule has 0 aliphatic heterocycles. The maximum Gasteiger partial charge on any atom is 0.122 e. The van der Waals surface area contributed by atoms with Gasteiger partial charge in [-0.15, -0.1) is 0 Å². The van der Waals surface area contributed by atoms with E-state index in [4.69, 9.17) is 15.2 Å². The van der Waals surface area contributed by atoms with Crippen LogP contribution >= 0.6 is 0 Å². The summed E-state index contributed by atoms with van der Waals surface area (Å²) in [6, 6.07) is 6.20. The molecule has 1 rings (SSSR count). The van der Waals surface area contributed by atoms with Gasteiger partial charge in [-0.25, -0.2) is 0 Å². The van der Waals surface area contributed by atoms with Crippen LogP contribution in [0.4, 0.5) is 0 Å². The van der Waals surface area contributed by atoms with Crippen LogP contribution in [-0.2, 0) is 17.8 Å². The van der Waals surface area contributed by atoms with Crippen LogP contribution in [-0.4, -0.2) is 20.3 Å². The maximum absolute atomic E-state index is 5.59. The monoisotopic (exact) mass is 223 g/mol. The smallest absolute Gasteiger partial charge is 0.122 e. The molecule has 0 atom stereocenters. The van der Waals surface area contributed by atoms with Gasteiger partial charge in [0, 0.05) is 7.11 Å². The third-order valence-electron chi connectivity index (χ3n) is 2.39. The van der Waals surface area contributed by atoms with E-state index in [0.29, 0.717) is 19.8 Å². The molecule has 0 amide bonds. The number of hydrogen-bond donors (Lipinski definition) is 1. The molecule has 1 aromatic carbocycles. The lowest BCUT2D eigenvalue weighted by Gasteiger charge is -2.11. The molecule has 0 saturated heterocycles. The van der Waals surface area contributed by atoms with Crippen molar-refractivity contribution in [1.29, 1.82) is 0 Å². The van der Waals surface area contributed by atoms with E-state index in [1.807, 2.05) is 19.1 Å². The van der Waals surface area contributed by atoms with E-state index in [0.717, 1.165) is 18.6 Å². The molecule has 0 unspecified atom stereocenters. The van der Waals surface area contributed by atoms with Gasteiger partial charge in [0.25, 0.3) is 0 Å². The predicted molar refractivity (Wildman–Crippen MR) is 65.7 cm³/mol. The summed E-state index contributed by atoms with van der Waals surface area (Å²) in [5, 5.41) is 0. The standard InChI is InChI=1S/C13H21NO2/c1-3-16-13-7-6-11(10-15-2)9-12(13)5-4-8-14/h6-7,9H,3-5,8,10,14H2,1-2H3. The first-order chi connectivity index (χ1) is 7.81. The summed E-state index contributed by atoms with van der Waals surface area (Å²) in [6.07, 6.45) is 1.94. The molecule has 0 aliphatic carbocycles. The van der Waals surface area contributed by atoms with Crippen molar-refractivity contribution in [2.75, 3.05) is 20.3 Å². The SMILES string of the molecule is CCOc1ccc(COC)cc1CCCN. The molecular formula is C13H21NO2. The molecule has 3 nitrogen and oxygen atoms in total. The summed E-state index contributed by atoms with van der Waals surface area (Å²) in [4.78, 5) is 0. The second-order valence-electron chi connectivity index (χ2n) is 3.70. The average molecular weight is 223 g/mol. The normalized spacial score (nSPS) is 10.4. The van der Waals surface area contributed by atoms with Crippen LogP contribution < -0.4 is 10.5 Å². The molecule has 0 saturated carbocycles. The molecule has 0 aromatic heterocycles. The first kappa shape index (κ1) is 13.0. The summed E-state index contributed by atoms with van der Waals surface area (Å²) in [5.74, 6) is 0.968. The fourth-order valence-electron chi connectivity index (χ4n) is 1.67. The molecule has 2 N–H and O–H groups in total. The highest BCUT2D eigenvalue weighted by Crippen LogP contribution is 2.22. The third kappa shape index (κ3) is 3.83. The van der Waals surface area contributed by atoms with Crippen LogP contribution in [0.2, 0.25) is 0 Å². The molecule has 1 aromatic rings. The number of aryl methyl sites for hydroxylation is 1. The van der Waals surface area contributed by atoms with Crippen LogP contribution in [0.15, 0.2) is 18.2 Å². The largest absolute Gasteiger partial charge is 0.494 e. The average Bonchev–Trinajstić information content (AvgIpc) is 2.30. The zero-order valence-corrected chi connectivity index (χ0v) is 10.2. The number of hydrogen-bond acceptors (Lipinski definition) is 3. The van der Waals surface area contributed by atoms with E-state index < -0.39 is 0 Å². The van der Waals surface area contributed by atoms with Gasteiger partial charge in [-0.05, 0) is 49.6 Å². The Balaban J connectivity index is 2.82. The number of methoxy groups -OCH3 is 1. The van der Waals surface area contributed by atoms with Gasteiger partial charge in [-0.2, -0.15) is 0 Å². The van der Waals surface area contributed by atoms with Crippen molar-refractivity contribution >= 4 is 0 Å². The minimum absolute atomic E-state index is 0.641. The van der Waals surface area contributed by atoms with Crippen molar-refractivity contribution < 1.29 is 9.47 Å². The van der Waals surface area contributed by atoms with E-state index in [1.165, 1.54) is 11.1 Å². The number of benzene rings is 1. The van der Waals surface area contributed by atoms with E-state index in [-0.39, 0.29) is 0 Å². The Hall–Kier alpha value is -1.06. The molecule has 0 fully saturated rings. The Kier molecular flexibility index (Phi) is 5.90. The first-order valence-electron chi connectivity index (χ1n) is 5.75. The summed E-state index contributed by atoms with van der Waals surface area (Å²) in [5.41, 5.74) is 7.93. The molecule has 0 bridgehead atoms. The van der Waals surface area contributed by atoms with Crippen molar-refractivity contribution in [2.45, 2.75) is 26.4 Å². The van der Waals surface area contributed by atoms with Gasteiger partial charge in [0.05, 0.1) is 13.2 Å². The summed E-state index contributed by atoms with van der Waals surface area (Å²) >= 11 is 0. The molecule has 3 heteroatoms. The minimum Gasteiger partial charge on any atom is -0.494 e. The topological polar surface area (TPSA) is 44.5 Å². The van der Waals surface area contributed by atoms with Crippen molar-refractivity contribution in [2.24, 2.45) is 5.73 Å². The Bertz CT molecular complexity index is 313. The fourth-order valence-corrected chi connectivity index (χ4v) is 1.67. The van der Waals surface area contributed by atoms with E-state index in [9.17, 15) is 0 Å². The first-order valence-corrected chi connectivity index (χ1v) is 5.75. The van der Waals surface area contributed by atoms with Crippen molar-refractivity contribution in [1.82, 2.24) is 0 Å². The highest BCUT2D eigenvalue weighted by molar-refractivity contribution is 5.37. The van der Waals surface area contributed by atoms with Crippen LogP contribution in [0.1, 0.15) is 24.5 Å². The highest BCUT2D eigenvalue weighted by atomic mass is 16.5. The summed E-state index contributed by atoms with van der Waals surface area (Å²) < 4.78 is 10.7. The summed E-state index contributed by atoms with van der Waals surface area (Å²) in [6.45, 7) is 4.04. The summed E-state index contributed by atoms with van der Waals surface area (Å²) in [7, 11) is 1.70. The van der Waals surface area contributed by atoms with Gasteiger partial charge in [0.1, 0.15) is 5.75 Å². The molecule has 0 radical (unpaired) electrons. The Morgan fingerprint density at radius 3 is 2.75 bits per heavy atom. The van der Waals surface area contributed by atoms with Crippen LogP contribution in [0.3, 0.4) is 0 Å². The lowest BCUT2D eigenvalue weighted by molar-refractivity contribution is 0.184. The quantitative estimate of drug-likeness (QED) is 0.770. The molecule has 90 valence electrons. The fraction of sp³-hybridized carbons (Fsp3) is 0.538. The van der Waals surface area contributed by atoms with Crippen LogP contribution in [0.5, 0.6) is 5.75 Å². The van der Waals surface area contributed by atoms with E-state index in [2.05, 4.69) is 6.07 Å². The van der Waals surface area contributed by atoms with Crippen molar-refractivity contribution in [3.05, 3.63) is 29.3 Å². The minimum atomic E-state index is 0.641. The number of rotatable bonds is 7. The van der Waals surface area contributed by atoms with Crippen molar-refractivity contribution in [3.8, 4) is 5.75 Å². The highest BCUT2D eigenvalue weighted by Gasteiger charge is 2.04. The van der Waals surface area contributed by atoms with Gasteiger partial charge in [0.2, 0.25) is 0 Å². The zero-order chi connectivity index (χ0) is 11.8. The Morgan fingerprint density at radius 2 is 2.12 bits per heavy atom. The maximum atomic E-state index is 5.59. The van der Waals surface area contributed by atoms with Gasteiger partial charge in [-0.3, -0.25) is 0 Å². The zero-order valence-electron chi connectivity index (χ0n) is 10.2.